The summed E-state index contributed by atoms with van der Waals surface area (Å²) in [5, 5.41) is 3.26. The Hall–Kier alpha value is -0.810. The molecule has 1 aromatic rings. The topological polar surface area (TPSA) is 38.0 Å². The minimum absolute atomic E-state index is 0.213. The van der Waals surface area contributed by atoms with Crippen LogP contribution in [0, 0.1) is 11.7 Å². The van der Waals surface area contributed by atoms with E-state index in [1.165, 1.54) is 12.1 Å². The number of hydrogen-bond acceptors (Lipinski definition) is 3. The van der Waals surface area contributed by atoms with Gasteiger partial charge in [-0.3, -0.25) is 0 Å². The summed E-state index contributed by atoms with van der Waals surface area (Å²) in [6.45, 7) is 2.98. The zero-order valence-corrected chi connectivity index (χ0v) is 11.6. The van der Waals surface area contributed by atoms with Gasteiger partial charge in [0.1, 0.15) is 10.8 Å². The Morgan fingerprint density at radius 3 is 2.88 bits per heavy atom. The first kappa shape index (κ1) is 14.3. The SMILES string of the molecule is CSCC(C)CNc1ccc(F)cc1C(N)=S. The van der Waals surface area contributed by atoms with Crippen molar-refractivity contribution >= 4 is 34.7 Å². The Morgan fingerprint density at radius 1 is 1.59 bits per heavy atom. The summed E-state index contributed by atoms with van der Waals surface area (Å²) in [5.41, 5.74) is 6.93. The first-order valence-corrected chi connectivity index (χ1v) is 7.17. The molecule has 0 heterocycles. The van der Waals surface area contributed by atoms with Crippen molar-refractivity contribution in [3.63, 3.8) is 0 Å². The average Bonchev–Trinajstić information content (AvgIpc) is 2.27. The van der Waals surface area contributed by atoms with Gasteiger partial charge in [-0.1, -0.05) is 19.1 Å². The number of benzene rings is 1. The number of thioether (sulfide) groups is 1. The van der Waals surface area contributed by atoms with E-state index in [2.05, 4.69) is 18.5 Å². The number of nitrogens with two attached hydrogens (primary N) is 1. The smallest absolute Gasteiger partial charge is 0.124 e. The zero-order chi connectivity index (χ0) is 12.8. The van der Waals surface area contributed by atoms with E-state index >= 15 is 0 Å². The lowest BCUT2D eigenvalue weighted by molar-refractivity contribution is 0.627. The maximum absolute atomic E-state index is 13.1. The monoisotopic (exact) mass is 272 g/mol. The highest BCUT2D eigenvalue weighted by atomic mass is 32.2. The molecule has 1 atom stereocenters. The van der Waals surface area contributed by atoms with Crippen LogP contribution >= 0.6 is 24.0 Å². The van der Waals surface area contributed by atoms with E-state index < -0.39 is 0 Å². The third-order valence-corrected chi connectivity index (χ3v) is 3.46. The maximum atomic E-state index is 13.1. The Bertz CT molecular complexity index is 396. The van der Waals surface area contributed by atoms with Crippen molar-refractivity contribution in [2.24, 2.45) is 11.7 Å². The summed E-state index contributed by atoms with van der Waals surface area (Å²) >= 11 is 6.71. The lowest BCUT2D eigenvalue weighted by Gasteiger charge is -2.15. The Morgan fingerprint density at radius 2 is 2.29 bits per heavy atom. The number of hydrogen-bond donors (Lipinski definition) is 2. The van der Waals surface area contributed by atoms with E-state index in [1.54, 1.807) is 6.07 Å². The number of rotatable bonds is 6. The minimum Gasteiger partial charge on any atom is -0.389 e. The van der Waals surface area contributed by atoms with Gasteiger partial charge in [0.15, 0.2) is 0 Å². The van der Waals surface area contributed by atoms with Crippen LogP contribution in [0.3, 0.4) is 0 Å². The first-order valence-electron chi connectivity index (χ1n) is 5.36. The molecular formula is C12H17FN2S2. The fourth-order valence-electron chi connectivity index (χ4n) is 1.50. The predicted molar refractivity (Wildman–Crippen MR) is 78.3 cm³/mol. The van der Waals surface area contributed by atoms with Crippen molar-refractivity contribution < 1.29 is 4.39 Å². The second-order valence-electron chi connectivity index (χ2n) is 4.00. The van der Waals surface area contributed by atoms with Crippen molar-refractivity contribution in [1.82, 2.24) is 0 Å². The molecule has 0 bridgehead atoms. The normalized spacial score (nSPS) is 12.2. The molecule has 0 saturated carbocycles. The van der Waals surface area contributed by atoms with E-state index in [9.17, 15) is 4.39 Å². The molecule has 1 rings (SSSR count). The molecule has 5 heteroatoms. The zero-order valence-electron chi connectivity index (χ0n) is 10.00. The molecule has 0 aliphatic carbocycles. The van der Waals surface area contributed by atoms with Gasteiger partial charge < -0.3 is 11.1 Å². The summed E-state index contributed by atoms with van der Waals surface area (Å²) in [7, 11) is 0. The van der Waals surface area contributed by atoms with Crippen molar-refractivity contribution in [2.75, 3.05) is 23.9 Å². The summed E-state index contributed by atoms with van der Waals surface area (Å²) in [5.74, 6) is 1.29. The van der Waals surface area contributed by atoms with E-state index in [1.807, 2.05) is 11.8 Å². The molecule has 3 N–H and O–H groups in total. The molecule has 0 fully saturated rings. The molecular weight excluding hydrogens is 255 g/mol. The van der Waals surface area contributed by atoms with Gasteiger partial charge in [-0.25, -0.2) is 4.39 Å². The van der Waals surface area contributed by atoms with Crippen molar-refractivity contribution in [2.45, 2.75) is 6.92 Å². The molecule has 17 heavy (non-hydrogen) atoms. The molecule has 0 amide bonds. The number of anilines is 1. The number of thiocarbonyl (C=S) groups is 1. The van der Waals surface area contributed by atoms with Gasteiger partial charge in [0.25, 0.3) is 0 Å². The highest BCUT2D eigenvalue weighted by molar-refractivity contribution is 7.98. The van der Waals surface area contributed by atoms with Crippen LogP contribution in [-0.2, 0) is 0 Å². The molecule has 94 valence electrons. The van der Waals surface area contributed by atoms with E-state index in [0.717, 1.165) is 18.0 Å². The summed E-state index contributed by atoms with van der Waals surface area (Å²) < 4.78 is 13.1. The van der Waals surface area contributed by atoms with Crippen molar-refractivity contribution in [3.8, 4) is 0 Å². The van der Waals surface area contributed by atoms with Crippen LogP contribution < -0.4 is 11.1 Å². The van der Waals surface area contributed by atoms with E-state index in [4.69, 9.17) is 18.0 Å². The highest BCUT2D eigenvalue weighted by Gasteiger charge is 2.08. The first-order chi connectivity index (χ1) is 8.04. The summed E-state index contributed by atoms with van der Waals surface area (Å²) in [4.78, 5) is 0.213. The van der Waals surface area contributed by atoms with Crippen molar-refractivity contribution in [3.05, 3.63) is 29.6 Å². The molecule has 1 aromatic carbocycles. The van der Waals surface area contributed by atoms with E-state index in [-0.39, 0.29) is 10.8 Å². The highest BCUT2D eigenvalue weighted by Crippen LogP contribution is 2.18. The molecule has 0 spiro atoms. The summed E-state index contributed by atoms with van der Waals surface area (Å²) in [6.07, 6.45) is 2.08. The van der Waals surface area contributed by atoms with Crippen LogP contribution in [0.4, 0.5) is 10.1 Å². The lowest BCUT2D eigenvalue weighted by atomic mass is 10.1. The van der Waals surface area contributed by atoms with Crippen LogP contribution in [-0.4, -0.2) is 23.5 Å². The van der Waals surface area contributed by atoms with Crippen molar-refractivity contribution in [1.29, 1.82) is 0 Å². The fraction of sp³-hybridized carbons (Fsp3) is 0.417. The summed E-state index contributed by atoms with van der Waals surface area (Å²) in [6, 6.07) is 4.45. The second kappa shape index (κ2) is 6.81. The molecule has 0 aliphatic heterocycles. The van der Waals surface area contributed by atoms with Crippen LogP contribution in [0.1, 0.15) is 12.5 Å². The third-order valence-electron chi connectivity index (χ3n) is 2.34. The van der Waals surface area contributed by atoms with Crippen LogP contribution in [0.5, 0.6) is 0 Å². The third kappa shape index (κ3) is 4.52. The molecule has 0 saturated heterocycles. The quantitative estimate of drug-likeness (QED) is 0.781. The van der Waals surface area contributed by atoms with Crippen LogP contribution in [0.15, 0.2) is 18.2 Å². The Balaban J connectivity index is 2.73. The maximum Gasteiger partial charge on any atom is 0.124 e. The molecule has 2 nitrogen and oxygen atoms in total. The van der Waals surface area contributed by atoms with Crippen LogP contribution in [0.25, 0.3) is 0 Å². The standard InChI is InChI=1S/C12H17FN2S2/c1-8(7-17-2)6-15-11-4-3-9(13)5-10(11)12(14)16/h3-5,8,15H,6-7H2,1-2H3,(H2,14,16). The molecule has 0 radical (unpaired) electrons. The minimum atomic E-state index is -0.324. The Labute approximate surface area is 111 Å². The van der Waals surface area contributed by atoms with Gasteiger partial charge in [-0.05, 0) is 36.1 Å². The van der Waals surface area contributed by atoms with Gasteiger partial charge in [0, 0.05) is 17.8 Å². The molecule has 0 aliphatic rings. The van der Waals surface area contributed by atoms with Crippen LogP contribution in [0.2, 0.25) is 0 Å². The fourth-order valence-corrected chi connectivity index (χ4v) is 2.36. The number of halogens is 1. The van der Waals surface area contributed by atoms with E-state index in [0.29, 0.717) is 11.5 Å². The molecule has 0 aromatic heterocycles. The van der Waals surface area contributed by atoms with Gasteiger partial charge >= 0.3 is 0 Å². The number of nitrogens with one attached hydrogen (secondary N) is 1. The molecule has 1 unspecified atom stereocenters. The predicted octanol–water partition coefficient (Wildman–Crippen LogP) is 2.87. The van der Waals surface area contributed by atoms with Gasteiger partial charge in [0.05, 0.1) is 0 Å². The Kier molecular flexibility index (Phi) is 5.71. The average molecular weight is 272 g/mol. The largest absolute Gasteiger partial charge is 0.389 e. The lowest BCUT2D eigenvalue weighted by Crippen LogP contribution is -2.18. The van der Waals surface area contributed by atoms with Gasteiger partial charge in [0.2, 0.25) is 0 Å². The van der Waals surface area contributed by atoms with Gasteiger partial charge in [-0.2, -0.15) is 11.8 Å². The van der Waals surface area contributed by atoms with Gasteiger partial charge in [-0.15, -0.1) is 0 Å². The second-order valence-corrected chi connectivity index (χ2v) is 5.35.